The van der Waals surface area contributed by atoms with E-state index in [2.05, 4.69) is 35.5 Å². The van der Waals surface area contributed by atoms with Crippen molar-refractivity contribution in [3.05, 3.63) is 79.1 Å². The van der Waals surface area contributed by atoms with Gasteiger partial charge in [0.25, 0.3) is 0 Å². The number of anilines is 1. The molecule has 0 aliphatic rings. The van der Waals surface area contributed by atoms with E-state index in [4.69, 9.17) is 0 Å². The fourth-order valence-electron chi connectivity index (χ4n) is 4.29. The van der Waals surface area contributed by atoms with Crippen LogP contribution < -0.4 is 5.32 Å². The summed E-state index contributed by atoms with van der Waals surface area (Å²) in [7, 11) is 0. The molecule has 0 atom stereocenters. The van der Waals surface area contributed by atoms with E-state index >= 15 is 0 Å². The monoisotopic (exact) mass is 491 g/mol. The Balaban J connectivity index is 1.42. The van der Waals surface area contributed by atoms with Crippen LogP contribution in [-0.2, 0) is 4.79 Å². The van der Waals surface area contributed by atoms with Crippen molar-refractivity contribution in [1.29, 1.82) is 0 Å². The normalized spacial score (nSPS) is 11.5. The second-order valence-corrected chi connectivity index (χ2v) is 9.08. The molecule has 5 aromatic heterocycles. The van der Waals surface area contributed by atoms with Gasteiger partial charge in [0, 0.05) is 52.0 Å². The molecule has 182 valence electrons. The Morgan fingerprint density at radius 3 is 2.62 bits per heavy atom. The summed E-state index contributed by atoms with van der Waals surface area (Å²) in [6, 6.07) is 14.3. The molecule has 8 nitrogen and oxygen atoms in total. The summed E-state index contributed by atoms with van der Waals surface area (Å²) in [6.07, 6.45) is 6.72. The number of pyridine rings is 3. The number of carbonyl (C=O) groups excluding carboxylic acids is 1. The van der Waals surface area contributed by atoms with Crippen molar-refractivity contribution >= 4 is 33.7 Å². The SMILES string of the molecule is CC(C)C(=O)Nc1cncc(-c2cnc3n[nH]c(-c4cc5c(-c6ccccc6F)ccnc5[nH]4)c3c2)c1. The zero-order valence-electron chi connectivity index (χ0n) is 20.1. The number of nitrogens with zero attached hydrogens (tertiary/aromatic N) is 4. The van der Waals surface area contributed by atoms with Crippen LogP contribution in [0.1, 0.15) is 13.8 Å². The highest BCUT2D eigenvalue weighted by atomic mass is 19.1. The van der Waals surface area contributed by atoms with E-state index in [1.165, 1.54) is 6.07 Å². The maximum atomic E-state index is 14.6. The minimum atomic E-state index is -0.293. The zero-order valence-corrected chi connectivity index (χ0v) is 20.1. The van der Waals surface area contributed by atoms with E-state index in [0.717, 1.165) is 38.9 Å². The molecule has 0 aliphatic heterocycles. The summed E-state index contributed by atoms with van der Waals surface area (Å²) in [5, 5.41) is 11.9. The average molecular weight is 492 g/mol. The van der Waals surface area contributed by atoms with Crippen molar-refractivity contribution in [3.63, 3.8) is 0 Å². The fraction of sp³-hybridized carbons (Fsp3) is 0.107. The first-order chi connectivity index (χ1) is 18.0. The molecule has 3 N–H and O–H groups in total. The lowest BCUT2D eigenvalue weighted by molar-refractivity contribution is -0.118. The third-order valence-corrected chi connectivity index (χ3v) is 6.24. The molecule has 9 heteroatoms. The Bertz CT molecular complexity index is 1790. The van der Waals surface area contributed by atoms with E-state index in [1.54, 1.807) is 43.0 Å². The summed E-state index contributed by atoms with van der Waals surface area (Å²) >= 11 is 0. The van der Waals surface area contributed by atoms with Crippen LogP contribution in [0.25, 0.3) is 55.7 Å². The summed E-state index contributed by atoms with van der Waals surface area (Å²) in [5.74, 6) is -0.509. The smallest absolute Gasteiger partial charge is 0.226 e. The Kier molecular flexibility index (Phi) is 5.45. The molecule has 0 fully saturated rings. The molecule has 1 amide bonds. The van der Waals surface area contributed by atoms with Gasteiger partial charge in [-0.15, -0.1) is 0 Å². The first-order valence-corrected chi connectivity index (χ1v) is 11.8. The van der Waals surface area contributed by atoms with Crippen molar-refractivity contribution in [2.45, 2.75) is 13.8 Å². The van der Waals surface area contributed by atoms with Crippen LogP contribution in [0.15, 0.2) is 73.3 Å². The van der Waals surface area contributed by atoms with Gasteiger partial charge in [-0.2, -0.15) is 5.10 Å². The lowest BCUT2D eigenvalue weighted by atomic mass is 10.0. The van der Waals surface area contributed by atoms with Crippen molar-refractivity contribution in [1.82, 2.24) is 30.1 Å². The van der Waals surface area contributed by atoms with Crippen LogP contribution in [0.3, 0.4) is 0 Å². The third-order valence-electron chi connectivity index (χ3n) is 6.24. The van der Waals surface area contributed by atoms with Gasteiger partial charge in [0.05, 0.1) is 23.3 Å². The van der Waals surface area contributed by atoms with E-state index in [1.807, 2.05) is 38.1 Å². The minimum absolute atomic E-state index is 0.0770. The Morgan fingerprint density at radius 1 is 0.946 bits per heavy atom. The first-order valence-electron chi connectivity index (χ1n) is 11.8. The summed E-state index contributed by atoms with van der Waals surface area (Å²) in [5.41, 5.74) is 6.19. The maximum Gasteiger partial charge on any atom is 0.226 e. The number of H-pyrrole nitrogens is 2. The number of fused-ring (bicyclic) bond motifs is 2. The number of hydrogen-bond acceptors (Lipinski definition) is 5. The highest BCUT2D eigenvalue weighted by Gasteiger charge is 2.16. The van der Waals surface area contributed by atoms with Crippen LogP contribution >= 0.6 is 0 Å². The van der Waals surface area contributed by atoms with Crippen LogP contribution in [0, 0.1) is 11.7 Å². The number of amides is 1. The molecule has 5 heterocycles. The Morgan fingerprint density at radius 2 is 1.78 bits per heavy atom. The molecule has 0 saturated heterocycles. The maximum absolute atomic E-state index is 14.6. The fourth-order valence-corrected chi connectivity index (χ4v) is 4.29. The van der Waals surface area contributed by atoms with E-state index in [-0.39, 0.29) is 17.6 Å². The molecule has 0 radical (unpaired) electrons. The molecule has 6 rings (SSSR count). The van der Waals surface area contributed by atoms with Crippen LogP contribution in [0.4, 0.5) is 10.1 Å². The van der Waals surface area contributed by atoms with Crippen molar-refractivity contribution in [2.24, 2.45) is 5.92 Å². The quantitative estimate of drug-likeness (QED) is 0.275. The summed E-state index contributed by atoms with van der Waals surface area (Å²) in [6.45, 7) is 3.67. The number of carbonyl (C=O) groups is 1. The number of aromatic nitrogens is 6. The van der Waals surface area contributed by atoms with Gasteiger partial charge in [-0.25, -0.2) is 14.4 Å². The highest BCUT2D eigenvalue weighted by Crippen LogP contribution is 2.35. The standard InChI is InChI=1S/C28H22FN7O/c1-15(2)28(37)33-18-9-16(12-30-14-18)17-10-22-25(35-36-27(22)32-13-17)24-11-21-19(7-8-31-26(21)34-24)20-5-3-4-6-23(20)29/h3-15H,1-2H3,(H,31,34)(H,33,37)(H,32,35,36). The summed E-state index contributed by atoms with van der Waals surface area (Å²) in [4.78, 5) is 28.7. The van der Waals surface area contributed by atoms with Gasteiger partial charge in [-0.3, -0.25) is 14.9 Å². The minimum Gasteiger partial charge on any atom is -0.338 e. The average Bonchev–Trinajstić information content (AvgIpc) is 3.53. The number of rotatable bonds is 5. The van der Waals surface area contributed by atoms with Gasteiger partial charge in [-0.1, -0.05) is 32.0 Å². The molecule has 1 aromatic carbocycles. The van der Waals surface area contributed by atoms with Gasteiger partial charge in [0.1, 0.15) is 11.5 Å². The molecule has 0 aliphatic carbocycles. The van der Waals surface area contributed by atoms with E-state index in [9.17, 15) is 9.18 Å². The number of hydrogen-bond donors (Lipinski definition) is 3. The van der Waals surface area contributed by atoms with Crippen molar-refractivity contribution < 1.29 is 9.18 Å². The molecule has 6 aromatic rings. The lowest BCUT2D eigenvalue weighted by Crippen LogP contribution is -2.17. The molecule has 0 unspecified atom stereocenters. The second kappa shape index (κ2) is 8.94. The first kappa shape index (κ1) is 22.5. The highest BCUT2D eigenvalue weighted by molar-refractivity contribution is 6.00. The molecule has 0 saturated carbocycles. The van der Waals surface area contributed by atoms with E-state index < -0.39 is 0 Å². The van der Waals surface area contributed by atoms with Crippen LogP contribution in [0.2, 0.25) is 0 Å². The number of benzene rings is 1. The largest absolute Gasteiger partial charge is 0.338 e. The number of halogens is 1. The molecule has 0 bridgehead atoms. The Labute approximate surface area is 211 Å². The van der Waals surface area contributed by atoms with Crippen molar-refractivity contribution in [3.8, 4) is 33.6 Å². The van der Waals surface area contributed by atoms with Gasteiger partial charge >= 0.3 is 0 Å². The predicted octanol–water partition coefficient (Wildman–Crippen LogP) is 5.96. The second-order valence-electron chi connectivity index (χ2n) is 9.08. The summed E-state index contributed by atoms with van der Waals surface area (Å²) < 4.78 is 14.6. The van der Waals surface area contributed by atoms with Gasteiger partial charge in [0.2, 0.25) is 5.91 Å². The van der Waals surface area contributed by atoms with Crippen LogP contribution in [-0.4, -0.2) is 36.0 Å². The van der Waals surface area contributed by atoms with Crippen LogP contribution in [0.5, 0.6) is 0 Å². The molecular formula is C28H22FN7O. The van der Waals surface area contributed by atoms with Gasteiger partial charge < -0.3 is 10.3 Å². The predicted molar refractivity (Wildman–Crippen MR) is 141 cm³/mol. The van der Waals surface area contributed by atoms with Gasteiger partial charge in [0.15, 0.2) is 5.65 Å². The van der Waals surface area contributed by atoms with Gasteiger partial charge in [-0.05, 0) is 35.9 Å². The van der Waals surface area contributed by atoms with Crippen molar-refractivity contribution in [2.75, 3.05) is 5.32 Å². The number of aromatic amines is 2. The van der Waals surface area contributed by atoms with E-state index in [0.29, 0.717) is 22.5 Å². The topological polar surface area (TPSA) is 112 Å². The molecule has 0 spiro atoms. The zero-order chi connectivity index (χ0) is 25.5. The number of nitrogens with one attached hydrogen (secondary N) is 3. The Hall–Kier alpha value is -4.92. The lowest BCUT2D eigenvalue weighted by Gasteiger charge is -2.09. The third kappa shape index (κ3) is 4.10. The molecular weight excluding hydrogens is 469 g/mol. The molecule has 37 heavy (non-hydrogen) atoms.